The van der Waals surface area contributed by atoms with Crippen molar-refractivity contribution >= 4 is 10.9 Å². The first-order chi connectivity index (χ1) is 13.8. The van der Waals surface area contributed by atoms with Gasteiger partial charge in [0.25, 0.3) is 0 Å². The van der Waals surface area contributed by atoms with Crippen LogP contribution in [-0.4, -0.2) is 26.3 Å². The minimum absolute atomic E-state index is 0.0619. The molecule has 0 aliphatic rings. The summed E-state index contributed by atoms with van der Waals surface area (Å²) in [6, 6.07) is 22.5. The molecule has 4 nitrogen and oxygen atoms in total. The Kier molecular flexibility index (Phi) is 4.94. The Labute approximate surface area is 164 Å². The van der Waals surface area contributed by atoms with E-state index in [-0.39, 0.29) is 5.92 Å². The number of benzene rings is 3. The fraction of sp³-hybridized carbons (Fsp3) is 0.167. The first-order valence-corrected chi connectivity index (χ1v) is 9.17. The van der Waals surface area contributed by atoms with E-state index in [0.29, 0.717) is 5.75 Å². The van der Waals surface area contributed by atoms with Crippen molar-refractivity contribution in [2.24, 2.45) is 0 Å². The van der Waals surface area contributed by atoms with Gasteiger partial charge in [-0.25, -0.2) is 0 Å². The Morgan fingerprint density at radius 2 is 1.39 bits per heavy atom. The second-order valence-electron chi connectivity index (χ2n) is 6.58. The third-order valence-corrected chi connectivity index (χ3v) is 5.11. The molecule has 0 aliphatic heterocycles. The van der Waals surface area contributed by atoms with Crippen LogP contribution in [-0.2, 0) is 0 Å². The van der Waals surface area contributed by atoms with Gasteiger partial charge in [0.05, 0.1) is 21.3 Å². The number of methoxy groups -OCH3 is 3. The van der Waals surface area contributed by atoms with Crippen molar-refractivity contribution in [1.29, 1.82) is 0 Å². The van der Waals surface area contributed by atoms with E-state index in [0.717, 1.165) is 28.1 Å². The number of aromatic amines is 1. The smallest absolute Gasteiger partial charge is 0.130 e. The van der Waals surface area contributed by atoms with Gasteiger partial charge in [0.15, 0.2) is 0 Å². The summed E-state index contributed by atoms with van der Waals surface area (Å²) in [5.74, 6) is 2.10. The van der Waals surface area contributed by atoms with E-state index in [1.807, 2.05) is 24.3 Å². The van der Waals surface area contributed by atoms with Crippen molar-refractivity contribution < 1.29 is 14.2 Å². The number of rotatable bonds is 6. The lowest BCUT2D eigenvalue weighted by Gasteiger charge is -2.23. The van der Waals surface area contributed by atoms with Crippen LogP contribution in [0.4, 0.5) is 0 Å². The summed E-state index contributed by atoms with van der Waals surface area (Å²) in [5, 5.41) is 1.18. The number of H-pyrrole nitrogens is 1. The summed E-state index contributed by atoms with van der Waals surface area (Å²) < 4.78 is 17.0. The molecule has 4 rings (SSSR count). The molecule has 4 heteroatoms. The molecule has 0 aliphatic carbocycles. The van der Waals surface area contributed by atoms with Gasteiger partial charge in [-0.3, -0.25) is 0 Å². The molecule has 0 amide bonds. The van der Waals surface area contributed by atoms with Crippen LogP contribution in [0.2, 0.25) is 0 Å². The zero-order chi connectivity index (χ0) is 19.5. The van der Waals surface area contributed by atoms with Crippen LogP contribution in [0, 0.1) is 0 Å². The zero-order valence-electron chi connectivity index (χ0n) is 16.2. The Bertz CT molecular complexity index is 1060. The van der Waals surface area contributed by atoms with Crippen LogP contribution in [0.15, 0.2) is 72.9 Å². The number of aromatic nitrogens is 1. The first-order valence-electron chi connectivity index (χ1n) is 9.17. The number of ether oxygens (including phenoxy) is 3. The van der Waals surface area contributed by atoms with Crippen molar-refractivity contribution in [3.8, 4) is 17.2 Å². The Hall–Kier alpha value is -3.40. The SMILES string of the molecule is COc1cc(OC)c(C(c2ccccc2)c2c[nH]c3ccccc23)c(OC)c1. The standard InChI is InChI=1S/C24H23NO3/c1-26-17-13-21(27-2)24(22(14-17)28-3)23(16-9-5-4-6-10-16)19-15-25-20-12-8-7-11-18(19)20/h4-15,23,25H,1-3H3. The number of para-hydroxylation sites is 1. The summed E-state index contributed by atoms with van der Waals surface area (Å²) in [6.45, 7) is 0. The van der Waals surface area contributed by atoms with E-state index in [2.05, 4.69) is 53.6 Å². The molecular weight excluding hydrogens is 350 g/mol. The maximum Gasteiger partial charge on any atom is 0.130 e. The van der Waals surface area contributed by atoms with Crippen LogP contribution in [0.3, 0.4) is 0 Å². The summed E-state index contributed by atoms with van der Waals surface area (Å²) in [6.07, 6.45) is 2.07. The van der Waals surface area contributed by atoms with Gasteiger partial charge in [-0.15, -0.1) is 0 Å². The largest absolute Gasteiger partial charge is 0.496 e. The van der Waals surface area contributed by atoms with Crippen molar-refractivity contribution in [3.63, 3.8) is 0 Å². The fourth-order valence-electron chi connectivity index (χ4n) is 3.80. The fourth-order valence-corrected chi connectivity index (χ4v) is 3.80. The van der Waals surface area contributed by atoms with Crippen molar-refractivity contribution in [2.45, 2.75) is 5.92 Å². The molecule has 142 valence electrons. The van der Waals surface area contributed by atoms with E-state index in [9.17, 15) is 0 Å². The third kappa shape index (κ3) is 3.07. The highest BCUT2D eigenvalue weighted by Crippen LogP contribution is 2.46. The average Bonchev–Trinajstić information content (AvgIpc) is 3.18. The van der Waals surface area contributed by atoms with Gasteiger partial charge in [0.2, 0.25) is 0 Å². The van der Waals surface area contributed by atoms with Gasteiger partial charge >= 0.3 is 0 Å². The molecule has 0 spiro atoms. The average molecular weight is 373 g/mol. The molecule has 1 N–H and O–H groups in total. The lowest BCUT2D eigenvalue weighted by Crippen LogP contribution is -2.08. The zero-order valence-corrected chi connectivity index (χ0v) is 16.2. The second kappa shape index (κ2) is 7.69. The lowest BCUT2D eigenvalue weighted by molar-refractivity contribution is 0.368. The Morgan fingerprint density at radius 3 is 2.04 bits per heavy atom. The van der Waals surface area contributed by atoms with Crippen LogP contribution < -0.4 is 14.2 Å². The number of hydrogen-bond donors (Lipinski definition) is 1. The predicted molar refractivity (Wildman–Crippen MR) is 112 cm³/mol. The van der Waals surface area contributed by atoms with Gasteiger partial charge in [-0.05, 0) is 17.2 Å². The van der Waals surface area contributed by atoms with Crippen molar-refractivity contribution in [3.05, 3.63) is 89.6 Å². The number of nitrogens with one attached hydrogen (secondary N) is 1. The molecule has 0 bridgehead atoms. The molecule has 1 unspecified atom stereocenters. The van der Waals surface area contributed by atoms with Gasteiger partial charge in [0, 0.05) is 40.7 Å². The van der Waals surface area contributed by atoms with E-state index >= 15 is 0 Å². The Morgan fingerprint density at radius 1 is 0.750 bits per heavy atom. The first kappa shape index (κ1) is 18.0. The molecule has 4 aromatic rings. The van der Waals surface area contributed by atoms with E-state index in [1.54, 1.807) is 21.3 Å². The highest BCUT2D eigenvalue weighted by Gasteiger charge is 2.27. The molecule has 28 heavy (non-hydrogen) atoms. The van der Waals surface area contributed by atoms with E-state index < -0.39 is 0 Å². The molecule has 0 fully saturated rings. The molecule has 0 saturated carbocycles. The summed E-state index contributed by atoms with van der Waals surface area (Å²) in [4.78, 5) is 3.40. The van der Waals surface area contributed by atoms with E-state index in [1.165, 1.54) is 10.9 Å². The summed E-state index contributed by atoms with van der Waals surface area (Å²) in [5.41, 5.74) is 4.41. The van der Waals surface area contributed by atoms with Gasteiger partial charge in [-0.2, -0.15) is 0 Å². The molecule has 1 aromatic heterocycles. The lowest BCUT2D eigenvalue weighted by atomic mass is 9.84. The summed E-state index contributed by atoms with van der Waals surface area (Å²) >= 11 is 0. The molecular formula is C24H23NO3. The minimum Gasteiger partial charge on any atom is -0.496 e. The second-order valence-corrected chi connectivity index (χ2v) is 6.58. The monoisotopic (exact) mass is 373 g/mol. The van der Waals surface area contributed by atoms with Crippen molar-refractivity contribution in [1.82, 2.24) is 4.98 Å². The molecule has 1 atom stereocenters. The van der Waals surface area contributed by atoms with Crippen molar-refractivity contribution in [2.75, 3.05) is 21.3 Å². The highest BCUT2D eigenvalue weighted by atomic mass is 16.5. The van der Waals surface area contributed by atoms with Crippen LogP contribution >= 0.6 is 0 Å². The molecule has 1 heterocycles. The van der Waals surface area contributed by atoms with Gasteiger partial charge in [-0.1, -0.05) is 48.5 Å². The molecule has 0 radical (unpaired) electrons. The normalized spacial score (nSPS) is 12.0. The number of fused-ring (bicyclic) bond motifs is 1. The Balaban J connectivity index is 2.03. The van der Waals surface area contributed by atoms with Gasteiger partial charge in [0.1, 0.15) is 17.2 Å². The van der Waals surface area contributed by atoms with Crippen LogP contribution in [0.25, 0.3) is 10.9 Å². The quantitative estimate of drug-likeness (QED) is 0.494. The maximum atomic E-state index is 5.77. The topological polar surface area (TPSA) is 43.5 Å². The van der Waals surface area contributed by atoms with E-state index in [4.69, 9.17) is 14.2 Å². The highest BCUT2D eigenvalue weighted by molar-refractivity contribution is 5.85. The molecule has 0 saturated heterocycles. The van der Waals surface area contributed by atoms with Crippen LogP contribution in [0.1, 0.15) is 22.6 Å². The predicted octanol–water partition coefficient (Wildman–Crippen LogP) is 5.37. The third-order valence-electron chi connectivity index (χ3n) is 5.11. The molecule has 3 aromatic carbocycles. The summed E-state index contributed by atoms with van der Waals surface area (Å²) in [7, 11) is 4.99. The van der Waals surface area contributed by atoms with Gasteiger partial charge < -0.3 is 19.2 Å². The maximum absolute atomic E-state index is 5.77. The minimum atomic E-state index is -0.0619. The number of hydrogen-bond acceptors (Lipinski definition) is 3. The van der Waals surface area contributed by atoms with Crippen LogP contribution in [0.5, 0.6) is 17.2 Å².